The first-order valence-corrected chi connectivity index (χ1v) is 9.03. The van der Waals surface area contributed by atoms with Gasteiger partial charge in [0.25, 0.3) is 5.91 Å². The fourth-order valence-corrected chi connectivity index (χ4v) is 3.21. The lowest BCUT2D eigenvalue weighted by molar-refractivity contribution is 0.0939. The molecule has 4 rings (SSSR count). The second-order valence-electron chi connectivity index (χ2n) is 6.55. The second-order valence-corrected chi connectivity index (χ2v) is 6.55. The molecule has 5 nitrogen and oxygen atoms in total. The van der Waals surface area contributed by atoms with Gasteiger partial charge in [-0.05, 0) is 24.6 Å². The summed E-state index contributed by atoms with van der Waals surface area (Å²) in [4.78, 5) is 21.8. The van der Waals surface area contributed by atoms with Crippen molar-refractivity contribution in [1.82, 2.24) is 15.3 Å². The van der Waals surface area contributed by atoms with Gasteiger partial charge in [0.05, 0.1) is 17.1 Å². The van der Waals surface area contributed by atoms with Crippen molar-refractivity contribution in [2.45, 2.75) is 13.0 Å². The van der Waals surface area contributed by atoms with Crippen LogP contribution in [-0.4, -0.2) is 21.0 Å². The number of carbonyl (C=O) groups excluding carboxylic acids is 1. The third-order valence-electron chi connectivity index (χ3n) is 4.67. The highest BCUT2D eigenvalue weighted by Crippen LogP contribution is 2.35. The summed E-state index contributed by atoms with van der Waals surface area (Å²) in [5, 5.41) is 14.5. The minimum atomic E-state index is -0.357. The first-order valence-electron chi connectivity index (χ1n) is 9.03. The maximum atomic E-state index is 13.1. The molecule has 2 aromatic heterocycles. The Kier molecular flexibility index (Phi) is 4.72. The van der Waals surface area contributed by atoms with Gasteiger partial charge in [-0.3, -0.25) is 9.78 Å². The molecule has 0 saturated heterocycles. The van der Waals surface area contributed by atoms with E-state index in [1.807, 2.05) is 67.6 Å². The molecule has 1 amide bonds. The van der Waals surface area contributed by atoms with Gasteiger partial charge in [0.15, 0.2) is 5.75 Å². The zero-order valence-corrected chi connectivity index (χ0v) is 15.3. The number of rotatable bonds is 4. The minimum absolute atomic E-state index is 0.124. The Morgan fingerprint density at radius 3 is 2.50 bits per heavy atom. The summed E-state index contributed by atoms with van der Waals surface area (Å²) in [5.74, 6) is -0.481. The van der Waals surface area contributed by atoms with Crippen molar-refractivity contribution in [1.29, 1.82) is 0 Å². The number of benzene rings is 2. The van der Waals surface area contributed by atoms with Crippen LogP contribution >= 0.6 is 0 Å². The van der Waals surface area contributed by atoms with E-state index in [1.54, 1.807) is 18.5 Å². The van der Waals surface area contributed by atoms with Crippen molar-refractivity contribution < 1.29 is 9.90 Å². The van der Waals surface area contributed by atoms with Gasteiger partial charge in [-0.2, -0.15) is 0 Å². The molecule has 0 aliphatic carbocycles. The molecule has 0 bridgehead atoms. The smallest absolute Gasteiger partial charge is 0.256 e. The highest BCUT2D eigenvalue weighted by Gasteiger charge is 2.22. The molecule has 4 aromatic rings. The molecule has 0 aliphatic rings. The lowest BCUT2D eigenvalue weighted by atomic mass is 10.0. The van der Waals surface area contributed by atoms with E-state index >= 15 is 0 Å². The van der Waals surface area contributed by atoms with Crippen LogP contribution in [0.3, 0.4) is 0 Å². The lowest BCUT2D eigenvalue weighted by Crippen LogP contribution is -2.27. The Hall–Kier alpha value is -3.73. The standard InChI is InChI=1S/C23H19N3O2/c1-15(17-10-7-13-24-14-17)25-23(28)20-18-11-5-6-12-19(18)26-21(22(20)27)16-8-3-2-4-9-16/h2-15,27H,1H3,(H,25,28). The summed E-state index contributed by atoms with van der Waals surface area (Å²) in [6.45, 7) is 1.88. The van der Waals surface area contributed by atoms with Crippen LogP contribution in [0, 0.1) is 0 Å². The molecule has 0 radical (unpaired) electrons. The highest BCUT2D eigenvalue weighted by atomic mass is 16.3. The van der Waals surface area contributed by atoms with Gasteiger partial charge in [0.2, 0.25) is 0 Å². The molecular formula is C23H19N3O2. The number of nitrogens with zero attached hydrogens (tertiary/aromatic N) is 2. The molecule has 0 fully saturated rings. The zero-order chi connectivity index (χ0) is 19.5. The SMILES string of the molecule is CC(NC(=O)c1c(O)c(-c2ccccc2)nc2ccccc12)c1cccnc1. The number of fused-ring (bicyclic) bond motifs is 1. The number of pyridine rings is 2. The summed E-state index contributed by atoms with van der Waals surface area (Å²) in [6.07, 6.45) is 3.40. The van der Waals surface area contributed by atoms with Gasteiger partial charge < -0.3 is 10.4 Å². The molecule has 2 aromatic carbocycles. The predicted octanol–water partition coefficient (Wildman–Crippen LogP) is 4.49. The first kappa shape index (κ1) is 17.7. The van der Waals surface area contributed by atoms with Gasteiger partial charge in [0, 0.05) is 23.3 Å². The molecular weight excluding hydrogens is 350 g/mol. The van der Waals surface area contributed by atoms with Crippen molar-refractivity contribution in [3.8, 4) is 17.0 Å². The summed E-state index contributed by atoms with van der Waals surface area (Å²) in [6, 6.07) is 20.1. The summed E-state index contributed by atoms with van der Waals surface area (Å²) < 4.78 is 0. The van der Waals surface area contributed by atoms with E-state index in [0.717, 1.165) is 11.1 Å². The van der Waals surface area contributed by atoms with Crippen LogP contribution in [0.4, 0.5) is 0 Å². The molecule has 5 heteroatoms. The third-order valence-corrected chi connectivity index (χ3v) is 4.67. The van der Waals surface area contributed by atoms with Crippen molar-refractivity contribution in [3.63, 3.8) is 0 Å². The topological polar surface area (TPSA) is 75.1 Å². The van der Waals surface area contributed by atoms with E-state index in [4.69, 9.17) is 0 Å². The number of hydrogen-bond donors (Lipinski definition) is 2. The fraction of sp³-hybridized carbons (Fsp3) is 0.0870. The van der Waals surface area contributed by atoms with Crippen LogP contribution in [-0.2, 0) is 0 Å². The normalized spacial score (nSPS) is 11.9. The van der Waals surface area contributed by atoms with Crippen LogP contribution < -0.4 is 5.32 Å². The number of para-hydroxylation sites is 1. The maximum absolute atomic E-state index is 13.1. The fourth-order valence-electron chi connectivity index (χ4n) is 3.21. The van der Waals surface area contributed by atoms with Crippen LogP contribution in [0.25, 0.3) is 22.2 Å². The van der Waals surface area contributed by atoms with Crippen LogP contribution in [0.2, 0.25) is 0 Å². The van der Waals surface area contributed by atoms with E-state index in [9.17, 15) is 9.90 Å². The van der Waals surface area contributed by atoms with Gasteiger partial charge in [-0.1, -0.05) is 54.6 Å². The maximum Gasteiger partial charge on any atom is 0.256 e. The van der Waals surface area contributed by atoms with Crippen LogP contribution in [0.15, 0.2) is 79.1 Å². The van der Waals surface area contributed by atoms with E-state index in [1.165, 1.54) is 0 Å². The monoisotopic (exact) mass is 369 g/mol. The van der Waals surface area contributed by atoms with E-state index < -0.39 is 0 Å². The van der Waals surface area contributed by atoms with E-state index in [-0.39, 0.29) is 23.3 Å². The lowest BCUT2D eigenvalue weighted by Gasteiger charge is -2.17. The molecule has 1 unspecified atom stereocenters. The Morgan fingerprint density at radius 2 is 1.75 bits per heavy atom. The molecule has 0 saturated carbocycles. The Morgan fingerprint density at radius 1 is 1.00 bits per heavy atom. The summed E-state index contributed by atoms with van der Waals surface area (Å²) in [5.41, 5.74) is 2.90. The number of nitrogens with one attached hydrogen (secondary N) is 1. The molecule has 2 heterocycles. The van der Waals surface area contributed by atoms with Crippen molar-refractivity contribution in [3.05, 3.63) is 90.3 Å². The average Bonchev–Trinajstić information content (AvgIpc) is 2.74. The largest absolute Gasteiger partial charge is 0.505 e. The average molecular weight is 369 g/mol. The molecule has 0 aliphatic heterocycles. The molecule has 28 heavy (non-hydrogen) atoms. The van der Waals surface area contributed by atoms with Gasteiger partial charge in [-0.15, -0.1) is 0 Å². The predicted molar refractivity (Wildman–Crippen MR) is 109 cm³/mol. The number of carbonyl (C=O) groups is 1. The molecule has 2 N–H and O–H groups in total. The second kappa shape index (κ2) is 7.48. The van der Waals surface area contributed by atoms with Crippen molar-refractivity contribution >= 4 is 16.8 Å². The number of hydrogen-bond acceptors (Lipinski definition) is 4. The molecule has 138 valence electrons. The van der Waals surface area contributed by atoms with Gasteiger partial charge in [-0.25, -0.2) is 4.98 Å². The summed E-state index contributed by atoms with van der Waals surface area (Å²) in [7, 11) is 0. The quantitative estimate of drug-likeness (QED) is 0.556. The van der Waals surface area contributed by atoms with E-state index in [2.05, 4.69) is 15.3 Å². The number of aromatic hydroxyl groups is 1. The zero-order valence-electron chi connectivity index (χ0n) is 15.3. The van der Waals surface area contributed by atoms with Gasteiger partial charge >= 0.3 is 0 Å². The Balaban J connectivity index is 1.81. The van der Waals surface area contributed by atoms with Gasteiger partial charge in [0.1, 0.15) is 5.69 Å². The Bertz CT molecular complexity index is 1130. The highest BCUT2D eigenvalue weighted by molar-refractivity contribution is 6.10. The van der Waals surface area contributed by atoms with Crippen molar-refractivity contribution in [2.75, 3.05) is 0 Å². The van der Waals surface area contributed by atoms with Crippen molar-refractivity contribution in [2.24, 2.45) is 0 Å². The molecule has 0 spiro atoms. The number of amides is 1. The molecule has 1 atom stereocenters. The van der Waals surface area contributed by atoms with Crippen LogP contribution in [0.1, 0.15) is 28.9 Å². The van der Waals surface area contributed by atoms with E-state index in [0.29, 0.717) is 16.6 Å². The van der Waals surface area contributed by atoms with Crippen LogP contribution in [0.5, 0.6) is 5.75 Å². The number of aromatic nitrogens is 2. The first-order chi connectivity index (χ1) is 13.6. The summed E-state index contributed by atoms with van der Waals surface area (Å²) >= 11 is 0. The Labute approximate surface area is 162 Å². The minimum Gasteiger partial charge on any atom is -0.505 e. The third kappa shape index (κ3) is 3.30.